The van der Waals surface area contributed by atoms with E-state index >= 15 is 0 Å². The first-order chi connectivity index (χ1) is 6.66. The first-order valence-electron chi connectivity index (χ1n) is 4.64. The number of methoxy groups -OCH3 is 1. The molecule has 0 heterocycles. The largest absolute Gasteiger partial charge is 0.481 e. The van der Waals surface area contributed by atoms with Crippen molar-refractivity contribution in [3.8, 4) is 0 Å². The Morgan fingerprint density at radius 2 is 2.00 bits per heavy atom. The zero-order chi connectivity index (χ0) is 10.8. The number of carboxylic acids is 1. The fourth-order valence-electron chi connectivity index (χ4n) is 0.933. The van der Waals surface area contributed by atoms with E-state index in [9.17, 15) is 9.59 Å². The standard InChI is InChI=1S/C9H17NO4/c1-14-7-3-4-8(11)10-6-2-5-9(12)13/h2-7H2,1H3,(H,10,11)(H,12,13). The van der Waals surface area contributed by atoms with Crippen molar-refractivity contribution < 1.29 is 19.4 Å². The van der Waals surface area contributed by atoms with E-state index in [2.05, 4.69) is 5.32 Å². The van der Waals surface area contributed by atoms with Crippen molar-refractivity contribution in [3.05, 3.63) is 0 Å². The summed E-state index contributed by atoms with van der Waals surface area (Å²) >= 11 is 0. The average Bonchev–Trinajstić information content (AvgIpc) is 2.13. The molecule has 0 aromatic heterocycles. The first kappa shape index (κ1) is 12.9. The zero-order valence-electron chi connectivity index (χ0n) is 8.41. The molecule has 0 aliphatic rings. The maximum atomic E-state index is 11.0. The Labute approximate surface area is 83.4 Å². The first-order valence-corrected chi connectivity index (χ1v) is 4.64. The van der Waals surface area contributed by atoms with Gasteiger partial charge in [0.15, 0.2) is 0 Å². The average molecular weight is 203 g/mol. The highest BCUT2D eigenvalue weighted by atomic mass is 16.5. The van der Waals surface area contributed by atoms with Crippen molar-refractivity contribution in [1.29, 1.82) is 0 Å². The summed E-state index contributed by atoms with van der Waals surface area (Å²) in [7, 11) is 1.59. The quantitative estimate of drug-likeness (QED) is 0.560. The maximum Gasteiger partial charge on any atom is 0.303 e. The monoisotopic (exact) mass is 203 g/mol. The Balaban J connectivity index is 3.22. The van der Waals surface area contributed by atoms with Gasteiger partial charge in [0.2, 0.25) is 5.91 Å². The molecule has 0 saturated carbocycles. The molecule has 5 heteroatoms. The Bertz CT molecular complexity index is 182. The summed E-state index contributed by atoms with van der Waals surface area (Å²) in [5, 5.41) is 11.0. The van der Waals surface area contributed by atoms with Gasteiger partial charge in [-0.15, -0.1) is 0 Å². The van der Waals surface area contributed by atoms with Gasteiger partial charge in [-0.25, -0.2) is 0 Å². The number of nitrogens with one attached hydrogen (secondary N) is 1. The molecule has 0 aliphatic heterocycles. The highest BCUT2D eigenvalue weighted by Gasteiger charge is 2.01. The predicted octanol–water partition coefficient (Wildman–Crippen LogP) is 0.394. The smallest absolute Gasteiger partial charge is 0.303 e. The summed E-state index contributed by atoms with van der Waals surface area (Å²) in [6, 6.07) is 0. The van der Waals surface area contributed by atoms with Crippen LogP contribution in [0.5, 0.6) is 0 Å². The fourth-order valence-corrected chi connectivity index (χ4v) is 0.933. The number of rotatable bonds is 8. The molecule has 0 aromatic carbocycles. The SMILES string of the molecule is COCCCC(=O)NCCCC(=O)O. The van der Waals surface area contributed by atoms with E-state index in [1.807, 2.05) is 0 Å². The van der Waals surface area contributed by atoms with Crippen molar-refractivity contribution in [2.24, 2.45) is 0 Å². The van der Waals surface area contributed by atoms with Gasteiger partial charge < -0.3 is 15.2 Å². The Hall–Kier alpha value is -1.10. The van der Waals surface area contributed by atoms with Crippen LogP contribution in [0.15, 0.2) is 0 Å². The molecule has 5 nitrogen and oxygen atoms in total. The van der Waals surface area contributed by atoms with Gasteiger partial charge in [-0.3, -0.25) is 9.59 Å². The van der Waals surface area contributed by atoms with Crippen LogP contribution in [-0.2, 0) is 14.3 Å². The van der Waals surface area contributed by atoms with E-state index < -0.39 is 5.97 Å². The van der Waals surface area contributed by atoms with Crippen LogP contribution < -0.4 is 5.32 Å². The second kappa shape index (κ2) is 8.50. The predicted molar refractivity (Wildman–Crippen MR) is 51.0 cm³/mol. The number of amides is 1. The van der Waals surface area contributed by atoms with Crippen LogP contribution in [0.3, 0.4) is 0 Å². The van der Waals surface area contributed by atoms with Crippen molar-refractivity contribution in [2.75, 3.05) is 20.3 Å². The summed E-state index contributed by atoms with van der Waals surface area (Å²) in [4.78, 5) is 21.2. The lowest BCUT2D eigenvalue weighted by molar-refractivity contribution is -0.137. The Kier molecular flexibility index (Phi) is 7.83. The second-order valence-corrected chi connectivity index (χ2v) is 2.94. The van der Waals surface area contributed by atoms with E-state index in [4.69, 9.17) is 9.84 Å². The molecule has 0 radical (unpaired) electrons. The number of carbonyl (C=O) groups is 2. The topological polar surface area (TPSA) is 75.6 Å². The van der Waals surface area contributed by atoms with Gasteiger partial charge in [-0.2, -0.15) is 0 Å². The van der Waals surface area contributed by atoms with Gasteiger partial charge in [-0.1, -0.05) is 0 Å². The van der Waals surface area contributed by atoms with Gasteiger partial charge in [0.25, 0.3) is 0 Å². The molecule has 0 aromatic rings. The third-order valence-electron chi connectivity index (χ3n) is 1.64. The normalized spacial score (nSPS) is 9.79. The molecule has 14 heavy (non-hydrogen) atoms. The molecule has 1 amide bonds. The second-order valence-electron chi connectivity index (χ2n) is 2.94. The Morgan fingerprint density at radius 1 is 1.29 bits per heavy atom. The molecule has 2 N–H and O–H groups in total. The van der Waals surface area contributed by atoms with E-state index in [1.165, 1.54) is 0 Å². The molecule has 0 fully saturated rings. The minimum Gasteiger partial charge on any atom is -0.481 e. The Morgan fingerprint density at radius 3 is 2.57 bits per heavy atom. The van der Waals surface area contributed by atoms with Gasteiger partial charge in [0.1, 0.15) is 0 Å². The van der Waals surface area contributed by atoms with Crippen LogP contribution >= 0.6 is 0 Å². The molecular formula is C9H17NO4. The summed E-state index contributed by atoms with van der Waals surface area (Å²) in [6.07, 6.45) is 1.70. The van der Waals surface area contributed by atoms with Gasteiger partial charge in [0, 0.05) is 33.1 Å². The minimum absolute atomic E-state index is 0.0487. The summed E-state index contributed by atoms with van der Waals surface area (Å²) < 4.78 is 4.79. The number of carboxylic acid groups (broad SMARTS) is 1. The highest BCUT2D eigenvalue weighted by Crippen LogP contribution is 1.90. The van der Waals surface area contributed by atoms with Crippen LogP contribution in [0, 0.1) is 0 Å². The van der Waals surface area contributed by atoms with Gasteiger partial charge >= 0.3 is 5.97 Å². The third-order valence-corrected chi connectivity index (χ3v) is 1.64. The van der Waals surface area contributed by atoms with Crippen molar-refractivity contribution >= 4 is 11.9 Å². The van der Waals surface area contributed by atoms with Crippen molar-refractivity contribution in [1.82, 2.24) is 5.32 Å². The molecule has 0 rings (SSSR count). The molecular weight excluding hydrogens is 186 g/mol. The van der Waals surface area contributed by atoms with Crippen molar-refractivity contribution in [3.63, 3.8) is 0 Å². The molecule has 0 aliphatic carbocycles. The van der Waals surface area contributed by atoms with Crippen LogP contribution in [0.4, 0.5) is 0 Å². The van der Waals surface area contributed by atoms with E-state index in [1.54, 1.807) is 7.11 Å². The van der Waals surface area contributed by atoms with Crippen LogP contribution in [0.25, 0.3) is 0 Å². The highest BCUT2D eigenvalue weighted by molar-refractivity contribution is 5.75. The maximum absolute atomic E-state index is 11.0. The zero-order valence-corrected chi connectivity index (χ0v) is 8.41. The minimum atomic E-state index is -0.835. The number of aliphatic carboxylic acids is 1. The van der Waals surface area contributed by atoms with Crippen LogP contribution in [-0.4, -0.2) is 37.2 Å². The fraction of sp³-hybridized carbons (Fsp3) is 0.778. The van der Waals surface area contributed by atoms with E-state index in [0.717, 1.165) is 0 Å². The van der Waals surface area contributed by atoms with Crippen molar-refractivity contribution in [2.45, 2.75) is 25.7 Å². The molecule has 0 spiro atoms. The van der Waals surface area contributed by atoms with Crippen LogP contribution in [0.1, 0.15) is 25.7 Å². The summed E-state index contributed by atoms with van der Waals surface area (Å²) in [5.74, 6) is -0.883. The van der Waals surface area contributed by atoms with Gasteiger partial charge in [-0.05, 0) is 12.8 Å². The lowest BCUT2D eigenvalue weighted by Gasteiger charge is -2.03. The molecule has 0 unspecified atom stereocenters. The van der Waals surface area contributed by atoms with Gasteiger partial charge in [0.05, 0.1) is 0 Å². The number of carbonyl (C=O) groups excluding carboxylic acids is 1. The van der Waals surface area contributed by atoms with E-state index in [-0.39, 0.29) is 12.3 Å². The molecule has 0 bridgehead atoms. The summed E-state index contributed by atoms with van der Waals surface area (Å²) in [5.41, 5.74) is 0. The number of hydrogen-bond donors (Lipinski definition) is 2. The summed E-state index contributed by atoms with van der Waals surface area (Å²) in [6.45, 7) is 1.00. The van der Waals surface area contributed by atoms with Crippen LogP contribution in [0.2, 0.25) is 0 Å². The lowest BCUT2D eigenvalue weighted by Crippen LogP contribution is -2.24. The molecule has 0 atom stereocenters. The molecule has 0 saturated heterocycles. The lowest BCUT2D eigenvalue weighted by atomic mass is 10.3. The molecule has 82 valence electrons. The number of ether oxygens (including phenoxy) is 1. The number of hydrogen-bond acceptors (Lipinski definition) is 3. The third kappa shape index (κ3) is 8.99. The van der Waals surface area contributed by atoms with E-state index in [0.29, 0.717) is 32.4 Å².